The van der Waals surface area contributed by atoms with Crippen molar-refractivity contribution in [1.29, 1.82) is 0 Å². The van der Waals surface area contributed by atoms with Crippen molar-refractivity contribution in [3.8, 4) is 5.75 Å². The molecule has 3 rings (SSSR count). The highest BCUT2D eigenvalue weighted by atomic mass is 35.5. The van der Waals surface area contributed by atoms with Crippen molar-refractivity contribution in [3.05, 3.63) is 65.3 Å². The second kappa shape index (κ2) is 6.57. The van der Waals surface area contributed by atoms with Crippen LogP contribution in [0.1, 0.15) is 5.56 Å². The van der Waals surface area contributed by atoms with E-state index in [9.17, 15) is 13.2 Å². The normalized spacial score (nSPS) is 11.5. The van der Waals surface area contributed by atoms with Gasteiger partial charge in [0, 0.05) is 28.5 Å². The average molecular weight is 353 g/mol. The Bertz CT molecular complexity index is 851. The Balaban J connectivity index is 1.68. The second-order valence-corrected chi connectivity index (χ2v) is 5.48. The molecule has 0 atom stereocenters. The Kier molecular flexibility index (Phi) is 4.49. The van der Waals surface area contributed by atoms with Gasteiger partial charge in [-0.15, -0.1) is 13.2 Å². The van der Waals surface area contributed by atoms with Crippen LogP contribution >= 0.6 is 11.6 Å². The Morgan fingerprint density at radius 3 is 2.54 bits per heavy atom. The molecule has 24 heavy (non-hydrogen) atoms. The molecule has 0 unspecified atom stereocenters. The minimum atomic E-state index is -4.69. The van der Waals surface area contributed by atoms with Gasteiger partial charge in [0.15, 0.2) is 0 Å². The lowest BCUT2D eigenvalue weighted by Crippen LogP contribution is -2.17. The molecule has 0 radical (unpaired) electrons. The lowest BCUT2D eigenvalue weighted by molar-refractivity contribution is -0.274. The number of benzene rings is 2. The zero-order valence-corrected chi connectivity index (χ0v) is 13.0. The fraction of sp³-hybridized carbons (Fsp3) is 0.118. The molecular formula is C17H12ClF3N2O. The van der Waals surface area contributed by atoms with Gasteiger partial charge in [0.25, 0.3) is 0 Å². The number of pyridine rings is 1. The van der Waals surface area contributed by atoms with Gasteiger partial charge < -0.3 is 10.1 Å². The average Bonchev–Trinajstić information content (AvgIpc) is 2.53. The van der Waals surface area contributed by atoms with E-state index in [0.29, 0.717) is 17.4 Å². The van der Waals surface area contributed by atoms with Crippen LogP contribution in [0.4, 0.5) is 19.0 Å². The number of anilines is 1. The van der Waals surface area contributed by atoms with Crippen LogP contribution in [0.15, 0.2) is 54.7 Å². The minimum absolute atomic E-state index is 0.248. The fourth-order valence-corrected chi connectivity index (χ4v) is 2.47. The zero-order chi connectivity index (χ0) is 17.2. The first-order valence-electron chi connectivity index (χ1n) is 7.03. The summed E-state index contributed by atoms with van der Waals surface area (Å²) in [4.78, 5) is 4.29. The van der Waals surface area contributed by atoms with Gasteiger partial charge in [-0.1, -0.05) is 35.9 Å². The molecule has 0 aliphatic rings. The molecular weight excluding hydrogens is 341 g/mol. The summed E-state index contributed by atoms with van der Waals surface area (Å²) in [5.74, 6) is 0.382. The largest absolute Gasteiger partial charge is 0.573 e. The molecule has 0 saturated carbocycles. The van der Waals surface area contributed by atoms with Gasteiger partial charge in [0.1, 0.15) is 11.6 Å². The third kappa shape index (κ3) is 4.08. The molecule has 0 aliphatic heterocycles. The quantitative estimate of drug-likeness (QED) is 0.682. The molecule has 1 heterocycles. The number of nitrogens with one attached hydrogen (secondary N) is 1. The van der Waals surface area contributed by atoms with E-state index in [4.69, 9.17) is 11.6 Å². The number of aromatic nitrogens is 1. The lowest BCUT2D eigenvalue weighted by Gasteiger charge is -2.10. The highest BCUT2D eigenvalue weighted by Crippen LogP contribution is 2.25. The van der Waals surface area contributed by atoms with Crippen molar-refractivity contribution in [2.75, 3.05) is 5.32 Å². The maximum atomic E-state index is 12.1. The summed E-state index contributed by atoms with van der Waals surface area (Å²) in [6.45, 7) is 0.412. The van der Waals surface area contributed by atoms with Crippen molar-refractivity contribution in [2.45, 2.75) is 12.9 Å². The topological polar surface area (TPSA) is 34.1 Å². The molecule has 0 fully saturated rings. The number of nitrogens with zero attached hydrogens (tertiary/aromatic N) is 1. The minimum Gasteiger partial charge on any atom is -0.406 e. The third-order valence-corrected chi connectivity index (χ3v) is 3.67. The molecule has 0 spiro atoms. The molecule has 2 aromatic carbocycles. The number of fused-ring (bicyclic) bond motifs is 1. The van der Waals surface area contributed by atoms with Crippen LogP contribution < -0.4 is 10.1 Å². The number of hydrogen-bond donors (Lipinski definition) is 1. The van der Waals surface area contributed by atoms with Gasteiger partial charge in [-0.25, -0.2) is 4.98 Å². The number of ether oxygens (including phenoxy) is 1. The van der Waals surface area contributed by atoms with E-state index in [2.05, 4.69) is 15.0 Å². The molecule has 1 aromatic heterocycles. The molecule has 1 N–H and O–H groups in total. The molecule has 0 amide bonds. The van der Waals surface area contributed by atoms with Crippen molar-refractivity contribution in [2.24, 2.45) is 0 Å². The van der Waals surface area contributed by atoms with E-state index in [-0.39, 0.29) is 5.75 Å². The van der Waals surface area contributed by atoms with E-state index in [1.807, 2.05) is 18.2 Å². The number of rotatable bonds is 4. The summed E-state index contributed by atoms with van der Waals surface area (Å²) in [5.41, 5.74) is 0.797. The second-order valence-electron chi connectivity index (χ2n) is 5.08. The third-order valence-electron chi connectivity index (χ3n) is 3.34. The molecule has 124 valence electrons. The van der Waals surface area contributed by atoms with Gasteiger partial charge in [-0.3, -0.25) is 0 Å². The number of hydrogen-bond acceptors (Lipinski definition) is 3. The van der Waals surface area contributed by atoms with Gasteiger partial charge in [0.2, 0.25) is 0 Å². The Labute approximate surface area is 141 Å². The van der Waals surface area contributed by atoms with E-state index in [1.165, 1.54) is 12.1 Å². The smallest absolute Gasteiger partial charge is 0.406 e. The van der Waals surface area contributed by atoms with Crippen LogP contribution in [0.25, 0.3) is 10.8 Å². The van der Waals surface area contributed by atoms with Crippen LogP contribution in [0.5, 0.6) is 5.75 Å². The van der Waals surface area contributed by atoms with Crippen molar-refractivity contribution in [3.63, 3.8) is 0 Å². The standard InChI is InChI=1S/C17H12ClF3N2O/c18-15-3-1-2-12-10-23-16(8-14(12)15)22-9-11-4-6-13(7-5-11)24-17(19,20)21/h1-8,10H,9H2,(H,22,23). The SMILES string of the molecule is FC(F)(F)Oc1ccc(CNc2cc3c(Cl)cccc3cn2)cc1. The first-order chi connectivity index (χ1) is 11.4. The molecule has 0 bridgehead atoms. The number of halogens is 4. The summed E-state index contributed by atoms with van der Waals surface area (Å²) in [6.07, 6.45) is -2.97. The van der Waals surface area contributed by atoms with Gasteiger partial charge >= 0.3 is 6.36 Å². The Hall–Kier alpha value is -2.47. The Morgan fingerprint density at radius 1 is 1.08 bits per heavy atom. The van der Waals surface area contributed by atoms with Gasteiger partial charge in [-0.05, 0) is 29.8 Å². The van der Waals surface area contributed by atoms with Crippen molar-refractivity contribution >= 4 is 28.2 Å². The molecule has 3 nitrogen and oxygen atoms in total. The summed E-state index contributed by atoms with van der Waals surface area (Å²) in [7, 11) is 0. The molecule has 0 aliphatic carbocycles. The summed E-state index contributed by atoms with van der Waals surface area (Å²) >= 11 is 6.16. The van der Waals surface area contributed by atoms with E-state index in [0.717, 1.165) is 16.3 Å². The predicted molar refractivity (Wildman–Crippen MR) is 87.2 cm³/mol. The first-order valence-corrected chi connectivity index (χ1v) is 7.41. The fourth-order valence-electron chi connectivity index (χ4n) is 2.23. The summed E-state index contributed by atoms with van der Waals surface area (Å²) < 4.78 is 40.2. The van der Waals surface area contributed by atoms with Crippen LogP contribution in [0.3, 0.4) is 0 Å². The zero-order valence-electron chi connectivity index (χ0n) is 12.3. The van der Waals surface area contributed by atoms with Gasteiger partial charge in [0.05, 0.1) is 0 Å². The molecule has 0 saturated heterocycles. The Morgan fingerprint density at radius 2 is 1.83 bits per heavy atom. The van der Waals surface area contributed by atoms with E-state index in [1.54, 1.807) is 24.4 Å². The van der Waals surface area contributed by atoms with Crippen LogP contribution in [0, 0.1) is 0 Å². The van der Waals surface area contributed by atoms with Crippen LogP contribution in [0.2, 0.25) is 5.02 Å². The lowest BCUT2D eigenvalue weighted by atomic mass is 10.1. The first kappa shape index (κ1) is 16.4. The van der Waals surface area contributed by atoms with Gasteiger partial charge in [-0.2, -0.15) is 0 Å². The summed E-state index contributed by atoms with van der Waals surface area (Å²) in [6, 6.07) is 13.1. The maximum absolute atomic E-state index is 12.1. The monoisotopic (exact) mass is 352 g/mol. The van der Waals surface area contributed by atoms with E-state index >= 15 is 0 Å². The van der Waals surface area contributed by atoms with Crippen molar-refractivity contribution in [1.82, 2.24) is 4.98 Å². The molecule has 3 aromatic rings. The highest BCUT2D eigenvalue weighted by Gasteiger charge is 2.30. The van der Waals surface area contributed by atoms with Crippen LogP contribution in [-0.4, -0.2) is 11.3 Å². The maximum Gasteiger partial charge on any atom is 0.573 e. The van der Waals surface area contributed by atoms with E-state index < -0.39 is 6.36 Å². The predicted octanol–water partition coefficient (Wildman–Crippen LogP) is 5.40. The van der Waals surface area contributed by atoms with Crippen molar-refractivity contribution < 1.29 is 17.9 Å². The molecule has 7 heteroatoms. The van der Waals surface area contributed by atoms with Crippen LogP contribution in [-0.2, 0) is 6.54 Å². The number of alkyl halides is 3. The summed E-state index contributed by atoms with van der Waals surface area (Å²) in [5, 5.41) is 5.56. The highest BCUT2D eigenvalue weighted by molar-refractivity contribution is 6.35.